The standard InChI is InChI=1S/C10H14F2N2O/c11-8-2-1-3-9(10(8)12)14-6-7(13)4-5-15/h1-3,7,14-15H,4-6,13H2. The number of halogens is 2. The van der Waals surface area contributed by atoms with Gasteiger partial charge in [-0.1, -0.05) is 6.07 Å². The van der Waals surface area contributed by atoms with Crippen LogP contribution >= 0.6 is 0 Å². The molecule has 5 heteroatoms. The van der Waals surface area contributed by atoms with Crippen molar-refractivity contribution in [3.05, 3.63) is 29.8 Å². The maximum absolute atomic E-state index is 13.1. The van der Waals surface area contributed by atoms with Crippen LogP contribution in [0.4, 0.5) is 14.5 Å². The average Bonchev–Trinajstić information content (AvgIpc) is 2.21. The summed E-state index contributed by atoms with van der Waals surface area (Å²) >= 11 is 0. The molecule has 1 rings (SSSR count). The van der Waals surface area contributed by atoms with Crippen molar-refractivity contribution in [1.29, 1.82) is 0 Å². The molecule has 0 aliphatic heterocycles. The van der Waals surface area contributed by atoms with Gasteiger partial charge in [-0.3, -0.25) is 0 Å². The number of aliphatic hydroxyl groups is 1. The highest BCUT2D eigenvalue weighted by molar-refractivity contribution is 5.44. The molecule has 0 radical (unpaired) electrons. The molecule has 0 saturated heterocycles. The minimum Gasteiger partial charge on any atom is -0.396 e. The summed E-state index contributed by atoms with van der Waals surface area (Å²) in [5.74, 6) is -1.80. The van der Waals surface area contributed by atoms with Crippen LogP contribution in [0.15, 0.2) is 18.2 Å². The summed E-state index contributed by atoms with van der Waals surface area (Å²) < 4.78 is 25.9. The van der Waals surface area contributed by atoms with Gasteiger partial charge in [-0.25, -0.2) is 8.78 Å². The first-order valence-electron chi connectivity index (χ1n) is 4.69. The number of nitrogens with two attached hydrogens (primary N) is 1. The zero-order valence-corrected chi connectivity index (χ0v) is 8.21. The molecule has 0 fully saturated rings. The second-order valence-corrected chi connectivity index (χ2v) is 3.25. The Morgan fingerprint density at radius 3 is 2.80 bits per heavy atom. The molecule has 0 heterocycles. The van der Waals surface area contributed by atoms with Crippen LogP contribution in [0.2, 0.25) is 0 Å². The van der Waals surface area contributed by atoms with Gasteiger partial charge in [0.25, 0.3) is 0 Å². The molecule has 1 aromatic carbocycles. The number of hydrogen-bond donors (Lipinski definition) is 3. The lowest BCUT2D eigenvalue weighted by molar-refractivity contribution is 0.277. The van der Waals surface area contributed by atoms with E-state index in [1.807, 2.05) is 0 Å². The highest BCUT2D eigenvalue weighted by Crippen LogP contribution is 2.16. The van der Waals surface area contributed by atoms with Crippen LogP contribution in [0.3, 0.4) is 0 Å². The first-order chi connectivity index (χ1) is 7.15. The zero-order valence-electron chi connectivity index (χ0n) is 8.21. The summed E-state index contributed by atoms with van der Waals surface area (Å²) in [5.41, 5.74) is 5.67. The fraction of sp³-hybridized carbons (Fsp3) is 0.400. The third-order valence-corrected chi connectivity index (χ3v) is 2.01. The fourth-order valence-corrected chi connectivity index (χ4v) is 1.15. The number of nitrogens with one attached hydrogen (secondary N) is 1. The minimum absolute atomic E-state index is 0.0194. The molecular formula is C10H14F2N2O. The molecule has 15 heavy (non-hydrogen) atoms. The molecule has 0 aliphatic carbocycles. The Morgan fingerprint density at radius 1 is 1.40 bits per heavy atom. The van der Waals surface area contributed by atoms with Crippen LogP contribution in [-0.4, -0.2) is 24.3 Å². The van der Waals surface area contributed by atoms with E-state index in [0.717, 1.165) is 6.07 Å². The third-order valence-electron chi connectivity index (χ3n) is 2.01. The number of anilines is 1. The fourth-order valence-electron chi connectivity index (χ4n) is 1.15. The van der Waals surface area contributed by atoms with Crippen LogP contribution in [0, 0.1) is 11.6 Å². The number of aliphatic hydroxyl groups excluding tert-OH is 1. The molecular weight excluding hydrogens is 202 g/mol. The Morgan fingerprint density at radius 2 is 2.13 bits per heavy atom. The van der Waals surface area contributed by atoms with Crippen LogP contribution in [0.1, 0.15) is 6.42 Å². The quantitative estimate of drug-likeness (QED) is 0.690. The number of hydrogen-bond acceptors (Lipinski definition) is 3. The van der Waals surface area contributed by atoms with E-state index in [1.54, 1.807) is 0 Å². The largest absolute Gasteiger partial charge is 0.396 e. The first-order valence-corrected chi connectivity index (χ1v) is 4.69. The lowest BCUT2D eigenvalue weighted by atomic mass is 10.2. The molecule has 3 nitrogen and oxygen atoms in total. The van der Waals surface area contributed by atoms with Crippen molar-refractivity contribution in [3.8, 4) is 0 Å². The lowest BCUT2D eigenvalue weighted by Gasteiger charge is -2.12. The van der Waals surface area contributed by atoms with E-state index >= 15 is 0 Å². The van der Waals surface area contributed by atoms with Gasteiger partial charge in [0.05, 0.1) is 5.69 Å². The molecule has 1 atom stereocenters. The van der Waals surface area contributed by atoms with E-state index in [4.69, 9.17) is 10.8 Å². The van der Waals surface area contributed by atoms with Gasteiger partial charge in [-0.15, -0.1) is 0 Å². The Kier molecular flexibility index (Phi) is 4.45. The zero-order chi connectivity index (χ0) is 11.3. The highest BCUT2D eigenvalue weighted by atomic mass is 19.2. The Bertz CT molecular complexity index is 320. The van der Waals surface area contributed by atoms with E-state index in [-0.39, 0.29) is 18.3 Å². The van der Waals surface area contributed by atoms with Crippen LogP contribution in [0.25, 0.3) is 0 Å². The SMILES string of the molecule is NC(CCO)CNc1cccc(F)c1F. The van der Waals surface area contributed by atoms with Crippen LogP contribution in [-0.2, 0) is 0 Å². The summed E-state index contributed by atoms with van der Waals surface area (Å²) in [4.78, 5) is 0. The van der Waals surface area contributed by atoms with Crippen LogP contribution in [0.5, 0.6) is 0 Å². The van der Waals surface area contributed by atoms with Gasteiger partial charge in [0.2, 0.25) is 0 Å². The summed E-state index contributed by atoms with van der Waals surface area (Å²) in [5, 5.41) is 11.3. The van der Waals surface area contributed by atoms with Crippen molar-refractivity contribution in [1.82, 2.24) is 0 Å². The van der Waals surface area contributed by atoms with Crippen molar-refractivity contribution >= 4 is 5.69 Å². The highest BCUT2D eigenvalue weighted by Gasteiger charge is 2.08. The Balaban J connectivity index is 2.54. The Labute approximate surface area is 86.9 Å². The van der Waals surface area contributed by atoms with Crippen LogP contribution < -0.4 is 11.1 Å². The smallest absolute Gasteiger partial charge is 0.181 e. The molecule has 4 N–H and O–H groups in total. The summed E-state index contributed by atoms with van der Waals surface area (Å²) in [7, 11) is 0. The van der Waals surface area contributed by atoms with Gasteiger partial charge in [0.15, 0.2) is 11.6 Å². The molecule has 1 unspecified atom stereocenters. The molecule has 0 saturated carbocycles. The summed E-state index contributed by atoms with van der Waals surface area (Å²) in [6, 6.07) is 3.62. The molecule has 0 bridgehead atoms. The normalized spacial score (nSPS) is 12.5. The van der Waals surface area contributed by atoms with Crippen molar-refractivity contribution in [2.75, 3.05) is 18.5 Å². The Hall–Kier alpha value is -1.20. The average molecular weight is 216 g/mol. The predicted molar refractivity (Wildman–Crippen MR) is 54.5 cm³/mol. The van der Waals surface area contributed by atoms with E-state index in [9.17, 15) is 8.78 Å². The third kappa shape index (κ3) is 3.45. The van der Waals surface area contributed by atoms with Crippen molar-refractivity contribution < 1.29 is 13.9 Å². The number of rotatable bonds is 5. The second-order valence-electron chi connectivity index (χ2n) is 3.25. The lowest BCUT2D eigenvalue weighted by Crippen LogP contribution is -2.30. The molecule has 0 aliphatic rings. The molecule has 0 aromatic heterocycles. The first kappa shape index (κ1) is 11.9. The topological polar surface area (TPSA) is 58.3 Å². The van der Waals surface area contributed by atoms with Crippen molar-refractivity contribution in [3.63, 3.8) is 0 Å². The van der Waals surface area contributed by atoms with E-state index < -0.39 is 11.6 Å². The van der Waals surface area contributed by atoms with Gasteiger partial charge >= 0.3 is 0 Å². The van der Waals surface area contributed by atoms with Gasteiger partial charge in [0.1, 0.15) is 0 Å². The second kappa shape index (κ2) is 5.63. The van der Waals surface area contributed by atoms with Crippen molar-refractivity contribution in [2.45, 2.75) is 12.5 Å². The van der Waals surface area contributed by atoms with Gasteiger partial charge < -0.3 is 16.2 Å². The number of benzene rings is 1. The molecule has 84 valence electrons. The molecule has 0 spiro atoms. The molecule has 0 amide bonds. The molecule has 1 aromatic rings. The monoisotopic (exact) mass is 216 g/mol. The van der Waals surface area contributed by atoms with E-state index in [2.05, 4.69) is 5.32 Å². The summed E-state index contributed by atoms with van der Waals surface area (Å²) in [6.45, 7) is 0.273. The predicted octanol–water partition coefficient (Wildman–Crippen LogP) is 1.09. The minimum atomic E-state index is -0.909. The maximum Gasteiger partial charge on any atom is 0.181 e. The van der Waals surface area contributed by atoms with Gasteiger partial charge in [-0.2, -0.15) is 0 Å². The van der Waals surface area contributed by atoms with Crippen molar-refractivity contribution in [2.24, 2.45) is 5.73 Å². The van der Waals surface area contributed by atoms with Gasteiger partial charge in [-0.05, 0) is 18.6 Å². The van der Waals surface area contributed by atoms with Gasteiger partial charge in [0, 0.05) is 19.2 Å². The maximum atomic E-state index is 13.1. The van der Waals surface area contributed by atoms with E-state index in [0.29, 0.717) is 13.0 Å². The van der Waals surface area contributed by atoms with E-state index in [1.165, 1.54) is 12.1 Å². The summed E-state index contributed by atoms with van der Waals surface area (Å²) in [6.07, 6.45) is 0.421.